The van der Waals surface area contributed by atoms with Crippen LogP contribution in [0.5, 0.6) is 0 Å². The van der Waals surface area contributed by atoms with Gasteiger partial charge in [-0.1, -0.05) is 41.7 Å². The predicted molar refractivity (Wildman–Crippen MR) is 92.3 cm³/mol. The van der Waals surface area contributed by atoms with Gasteiger partial charge in [0.15, 0.2) is 5.13 Å². The molecule has 2 aromatic rings. The van der Waals surface area contributed by atoms with Crippen LogP contribution >= 0.6 is 11.3 Å². The molecule has 1 aromatic carbocycles. The van der Waals surface area contributed by atoms with Crippen molar-refractivity contribution in [3.63, 3.8) is 0 Å². The molecule has 0 bridgehead atoms. The first-order valence-electron chi connectivity index (χ1n) is 7.54. The number of hydrogen-bond acceptors (Lipinski definition) is 6. The van der Waals surface area contributed by atoms with Crippen molar-refractivity contribution < 1.29 is 19.1 Å². The van der Waals surface area contributed by atoms with E-state index in [0.29, 0.717) is 28.9 Å². The molecule has 0 atom stereocenters. The van der Waals surface area contributed by atoms with Gasteiger partial charge in [-0.05, 0) is 19.4 Å². The third-order valence-electron chi connectivity index (χ3n) is 3.23. The summed E-state index contributed by atoms with van der Waals surface area (Å²) in [4.78, 5) is 30.7. The largest absolute Gasteiger partial charge is 0.462 e. The minimum Gasteiger partial charge on any atom is -0.462 e. The molecule has 0 fully saturated rings. The van der Waals surface area contributed by atoms with Crippen LogP contribution in [-0.4, -0.2) is 37.2 Å². The number of esters is 1. The lowest BCUT2D eigenvalue weighted by Gasteiger charge is -2.19. The van der Waals surface area contributed by atoms with Crippen LogP contribution < -0.4 is 4.90 Å². The molecule has 0 spiro atoms. The van der Waals surface area contributed by atoms with Crippen LogP contribution in [0.15, 0.2) is 30.3 Å². The van der Waals surface area contributed by atoms with Crippen molar-refractivity contribution in [2.45, 2.75) is 20.4 Å². The molecule has 2 rings (SSSR count). The summed E-state index contributed by atoms with van der Waals surface area (Å²) in [6.07, 6.45) is 0. The lowest BCUT2D eigenvalue weighted by molar-refractivity contribution is -0.122. The molecule has 0 N–H and O–H groups in total. The molecule has 7 heteroatoms. The zero-order valence-electron chi connectivity index (χ0n) is 13.9. The van der Waals surface area contributed by atoms with Gasteiger partial charge < -0.3 is 9.47 Å². The second-order valence-corrected chi connectivity index (χ2v) is 6.01. The first-order chi connectivity index (χ1) is 11.6. The molecular weight excluding hydrogens is 328 g/mol. The van der Waals surface area contributed by atoms with Gasteiger partial charge >= 0.3 is 5.97 Å². The molecular formula is C17H20N2O4S. The van der Waals surface area contributed by atoms with E-state index < -0.39 is 5.97 Å². The average molecular weight is 348 g/mol. The van der Waals surface area contributed by atoms with Crippen molar-refractivity contribution in [1.29, 1.82) is 0 Å². The van der Waals surface area contributed by atoms with E-state index in [4.69, 9.17) is 9.47 Å². The molecule has 0 aliphatic rings. The fourth-order valence-corrected chi connectivity index (χ4v) is 3.09. The van der Waals surface area contributed by atoms with E-state index >= 15 is 0 Å². The zero-order chi connectivity index (χ0) is 17.5. The fraction of sp³-hybridized carbons (Fsp3) is 0.353. The molecule has 0 saturated carbocycles. The van der Waals surface area contributed by atoms with Gasteiger partial charge in [0.2, 0.25) is 0 Å². The standard InChI is InChI=1S/C17H20N2O4S/c1-4-23-16(21)15-12(2)18-17(24-15)19(14(20)11-22-3)10-13-8-6-5-7-9-13/h5-9H,4,10-11H2,1-3H3. The number of carbonyl (C=O) groups is 2. The number of carbonyl (C=O) groups excluding carboxylic acids is 2. The Bertz CT molecular complexity index is 700. The lowest BCUT2D eigenvalue weighted by Crippen LogP contribution is -2.33. The first-order valence-corrected chi connectivity index (χ1v) is 8.36. The highest BCUT2D eigenvalue weighted by Gasteiger charge is 2.24. The first kappa shape index (κ1) is 18.1. The summed E-state index contributed by atoms with van der Waals surface area (Å²) in [6.45, 7) is 4.08. The van der Waals surface area contributed by atoms with E-state index in [1.807, 2.05) is 30.3 Å². The van der Waals surface area contributed by atoms with Crippen LogP contribution in [0.4, 0.5) is 5.13 Å². The van der Waals surface area contributed by atoms with Gasteiger partial charge in [-0.25, -0.2) is 9.78 Å². The van der Waals surface area contributed by atoms with E-state index in [9.17, 15) is 9.59 Å². The molecule has 1 amide bonds. The average Bonchev–Trinajstić information content (AvgIpc) is 2.95. The minimum absolute atomic E-state index is 0.0554. The van der Waals surface area contributed by atoms with Crippen molar-refractivity contribution in [3.8, 4) is 0 Å². The Labute approximate surface area is 145 Å². The number of methoxy groups -OCH3 is 1. The second-order valence-electron chi connectivity index (χ2n) is 5.03. The highest BCUT2D eigenvalue weighted by Crippen LogP contribution is 2.28. The van der Waals surface area contributed by atoms with E-state index in [1.165, 1.54) is 12.0 Å². The lowest BCUT2D eigenvalue weighted by atomic mass is 10.2. The Kier molecular flexibility index (Phi) is 6.45. The van der Waals surface area contributed by atoms with Crippen molar-refractivity contribution in [3.05, 3.63) is 46.5 Å². The molecule has 1 heterocycles. The van der Waals surface area contributed by atoms with Gasteiger partial charge in [0.25, 0.3) is 5.91 Å². The number of amides is 1. The van der Waals surface area contributed by atoms with Crippen molar-refractivity contribution >= 4 is 28.3 Å². The SMILES string of the molecule is CCOC(=O)c1sc(N(Cc2ccccc2)C(=O)COC)nc1C. The van der Waals surface area contributed by atoms with Crippen molar-refractivity contribution in [2.75, 3.05) is 25.2 Å². The smallest absolute Gasteiger partial charge is 0.350 e. The molecule has 0 aliphatic carbocycles. The Hall–Kier alpha value is -2.25. The maximum absolute atomic E-state index is 12.4. The third kappa shape index (κ3) is 4.39. The van der Waals surface area contributed by atoms with Gasteiger partial charge in [-0.3, -0.25) is 9.69 Å². The van der Waals surface area contributed by atoms with Gasteiger partial charge in [0.1, 0.15) is 11.5 Å². The Morgan fingerprint density at radius 1 is 1.25 bits per heavy atom. The third-order valence-corrected chi connectivity index (χ3v) is 4.39. The van der Waals surface area contributed by atoms with Gasteiger partial charge in [-0.15, -0.1) is 0 Å². The molecule has 24 heavy (non-hydrogen) atoms. The maximum atomic E-state index is 12.4. The summed E-state index contributed by atoms with van der Waals surface area (Å²) < 4.78 is 9.99. The van der Waals surface area contributed by atoms with E-state index in [-0.39, 0.29) is 12.5 Å². The molecule has 0 unspecified atom stereocenters. The molecule has 6 nitrogen and oxygen atoms in total. The Balaban J connectivity index is 2.31. The van der Waals surface area contributed by atoms with Crippen LogP contribution in [-0.2, 0) is 20.8 Å². The molecule has 0 radical (unpaired) electrons. The van der Waals surface area contributed by atoms with Crippen LogP contribution in [0.3, 0.4) is 0 Å². The summed E-state index contributed by atoms with van der Waals surface area (Å²) in [6, 6.07) is 9.59. The second kappa shape index (κ2) is 8.56. The number of benzene rings is 1. The molecule has 128 valence electrons. The highest BCUT2D eigenvalue weighted by atomic mass is 32.1. The van der Waals surface area contributed by atoms with Gasteiger partial charge in [0.05, 0.1) is 18.8 Å². The van der Waals surface area contributed by atoms with Crippen molar-refractivity contribution in [2.24, 2.45) is 0 Å². The van der Waals surface area contributed by atoms with Gasteiger partial charge in [-0.2, -0.15) is 0 Å². The Morgan fingerprint density at radius 2 is 1.96 bits per heavy atom. The number of aromatic nitrogens is 1. The number of anilines is 1. The molecule has 0 saturated heterocycles. The van der Waals surface area contributed by atoms with Gasteiger partial charge in [0, 0.05) is 7.11 Å². The fourth-order valence-electron chi connectivity index (χ4n) is 2.11. The number of aryl methyl sites for hydroxylation is 1. The van der Waals surface area contributed by atoms with Crippen LogP contribution in [0.1, 0.15) is 27.9 Å². The monoisotopic (exact) mass is 348 g/mol. The van der Waals surface area contributed by atoms with E-state index in [0.717, 1.165) is 16.9 Å². The van der Waals surface area contributed by atoms with E-state index in [2.05, 4.69) is 4.98 Å². The number of ether oxygens (including phenoxy) is 2. The van der Waals surface area contributed by atoms with Crippen molar-refractivity contribution in [1.82, 2.24) is 4.98 Å². The number of hydrogen-bond donors (Lipinski definition) is 0. The maximum Gasteiger partial charge on any atom is 0.350 e. The van der Waals surface area contributed by atoms with Crippen LogP contribution in [0, 0.1) is 6.92 Å². The minimum atomic E-state index is -0.419. The van der Waals surface area contributed by atoms with Crippen LogP contribution in [0.2, 0.25) is 0 Å². The number of thiazole rings is 1. The Morgan fingerprint density at radius 3 is 2.58 bits per heavy atom. The number of rotatable bonds is 7. The summed E-state index contributed by atoms with van der Waals surface area (Å²) >= 11 is 1.15. The quantitative estimate of drug-likeness (QED) is 0.720. The summed E-state index contributed by atoms with van der Waals surface area (Å²) in [5.74, 6) is -0.636. The highest BCUT2D eigenvalue weighted by molar-refractivity contribution is 7.17. The summed E-state index contributed by atoms with van der Waals surface area (Å²) in [5, 5.41) is 0.460. The predicted octanol–water partition coefficient (Wildman–Crippen LogP) is 2.81. The topological polar surface area (TPSA) is 68.7 Å². The van der Waals surface area contributed by atoms with E-state index in [1.54, 1.807) is 13.8 Å². The molecule has 0 aliphatic heterocycles. The summed E-state index contributed by atoms with van der Waals surface area (Å²) in [7, 11) is 1.47. The van der Waals surface area contributed by atoms with Crippen LogP contribution in [0.25, 0.3) is 0 Å². The summed E-state index contributed by atoms with van der Waals surface area (Å²) in [5.41, 5.74) is 1.52. The normalized spacial score (nSPS) is 10.5. The zero-order valence-corrected chi connectivity index (χ0v) is 14.8. The number of nitrogens with zero attached hydrogens (tertiary/aromatic N) is 2. The molecule has 1 aromatic heterocycles.